The van der Waals surface area contributed by atoms with Crippen molar-refractivity contribution in [2.24, 2.45) is 12.8 Å². The second-order valence-electron chi connectivity index (χ2n) is 4.19. The molecule has 1 aromatic heterocycles. The summed E-state index contributed by atoms with van der Waals surface area (Å²) in [5.41, 5.74) is 8.86. The number of aryl methyl sites for hydroxylation is 1. The van der Waals surface area contributed by atoms with Gasteiger partial charge in [0.15, 0.2) is 0 Å². The number of rotatable bonds is 4. The van der Waals surface area contributed by atoms with Gasteiger partial charge >= 0.3 is 0 Å². The monoisotopic (exact) mass is 267 g/mol. The largest absolute Gasteiger partial charge is 0.395 e. The predicted octanol–water partition coefficient (Wildman–Crippen LogP) is 1.37. The zero-order valence-electron chi connectivity index (χ0n) is 10.3. The number of hydrogen-bond acceptors (Lipinski definition) is 3. The maximum Gasteiger partial charge on any atom is 0.0955 e. The van der Waals surface area contributed by atoms with Crippen LogP contribution in [0.25, 0.3) is 11.3 Å². The Morgan fingerprint density at radius 2 is 2.00 bits per heavy atom. The summed E-state index contributed by atoms with van der Waals surface area (Å²) in [6.07, 6.45) is 2.59. The molecule has 1 aromatic carbocycles. The molecule has 0 saturated carbocycles. The maximum absolute atomic E-state index is 9.01. The summed E-state index contributed by atoms with van der Waals surface area (Å²) < 4.78 is 1.78. The number of hydrogen-bond donors (Lipinski definition) is 2. The molecule has 4 nitrogen and oxygen atoms in total. The quantitative estimate of drug-likeness (QED) is 0.879. The summed E-state index contributed by atoms with van der Waals surface area (Å²) in [5.74, 6) is 0. The summed E-state index contributed by atoms with van der Waals surface area (Å²) in [4.78, 5) is 0. The molecular weight excluding hydrogens is 250 g/mol. The van der Waals surface area contributed by atoms with Crippen LogP contribution in [-0.2, 0) is 13.5 Å². The smallest absolute Gasteiger partial charge is 0.0955 e. The van der Waals surface area contributed by atoms with Gasteiger partial charge in [0.25, 0.3) is 0 Å². The van der Waals surface area contributed by atoms with E-state index in [1.165, 1.54) is 0 Å². The van der Waals surface area contributed by atoms with Crippen LogP contribution in [0.5, 0.6) is 0 Å². The summed E-state index contributed by atoms with van der Waals surface area (Å²) >= 11 is 0. The third-order valence-corrected chi connectivity index (χ3v) is 2.67. The normalized spacial score (nSPS) is 11.9. The Bertz CT molecular complexity index is 484. The Hall–Kier alpha value is -1.36. The first-order valence-electron chi connectivity index (χ1n) is 5.65. The van der Waals surface area contributed by atoms with Gasteiger partial charge in [-0.15, -0.1) is 12.4 Å². The summed E-state index contributed by atoms with van der Waals surface area (Å²) in [7, 11) is 1.89. The summed E-state index contributed by atoms with van der Waals surface area (Å²) in [6.45, 7) is -0.0108. The SMILES string of the molecule is Cl.Cn1cc(CC(N)CO)c(-c2ccccc2)n1. The number of aliphatic hydroxyl groups excluding tert-OH is 1. The average molecular weight is 268 g/mol. The van der Waals surface area contributed by atoms with Gasteiger partial charge in [0.2, 0.25) is 0 Å². The molecule has 0 fully saturated rings. The molecule has 98 valence electrons. The van der Waals surface area contributed by atoms with Crippen molar-refractivity contribution in [1.29, 1.82) is 0 Å². The van der Waals surface area contributed by atoms with Gasteiger partial charge in [0.05, 0.1) is 12.3 Å². The minimum Gasteiger partial charge on any atom is -0.395 e. The lowest BCUT2D eigenvalue weighted by atomic mass is 10.0. The highest BCUT2D eigenvalue weighted by atomic mass is 35.5. The van der Waals surface area contributed by atoms with E-state index in [-0.39, 0.29) is 25.1 Å². The second-order valence-corrected chi connectivity index (χ2v) is 4.19. The molecule has 0 amide bonds. The zero-order chi connectivity index (χ0) is 12.3. The van der Waals surface area contributed by atoms with Crippen molar-refractivity contribution in [3.05, 3.63) is 42.1 Å². The highest BCUT2D eigenvalue weighted by Gasteiger charge is 2.12. The first kappa shape index (κ1) is 14.7. The fraction of sp³-hybridized carbons (Fsp3) is 0.308. The topological polar surface area (TPSA) is 64.1 Å². The molecule has 3 N–H and O–H groups in total. The van der Waals surface area contributed by atoms with Gasteiger partial charge in [-0.2, -0.15) is 5.10 Å². The van der Waals surface area contributed by atoms with E-state index in [0.717, 1.165) is 16.8 Å². The van der Waals surface area contributed by atoms with E-state index in [9.17, 15) is 0 Å². The van der Waals surface area contributed by atoms with Gasteiger partial charge in [0.1, 0.15) is 0 Å². The van der Waals surface area contributed by atoms with Gasteiger partial charge in [-0.1, -0.05) is 30.3 Å². The summed E-state index contributed by atoms with van der Waals surface area (Å²) in [5, 5.41) is 13.5. The molecular formula is C13H18ClN3O. The van der Waals surface area contributed by atoms with Gasteiger partial charge in [-0.05, 0) is 12.0 Å². The van der Waals surface area contributed by atoms with Crippen molar-refractivity contribution in [1.82, 2.24) is 9.78 Å². The van der Waals surface area contributed by atoms with Crippen molar-refractivity contribution in [3.63, 3.8) is 0 Å². The highest BCUT2D eigenvalue weighted by Crippen LogP contribution is 2.22. The Morgan fingerprint density at radius 3 is 2.61 bits per heavy atom. The number of halogens is 1. The molecule has 1 heterocycles. The third-order valence-electron chi connectivity index (χ3n) is 2.67. The van der Waals surface area contributed by atoms with Crippen LogP contribution in [-0.4, -0.2) is 27.5 Å². The molecule has 5 heteroatoms. The maximum atomic E-state index is 9.01. The van der Waals surface area contributed by atoms with E-state index >= 15 is 0 Å². The van der Waals surface area contributed by atoms with Crippen molar-refractivity contribution in [2.75, 3.05) is 6.61 Å². The standard InChI is InChI=1S/C13H17N3O.ClH/c1-16-8-11(7-12(14)9-17)13(15-16)10-5-3-2-4-6-10;/h2-6,8,12,17H,7,9,14H2,1H3;1H. The van der Waals surface area contributed by atoms with Gasteiger partial charge in [-0.3, -0.25) is 4.68 Å². The Balaban J connectivity index is 0.00000162. The Kier molecular flexibility index (Phi) is 5.34. The van der Waals surface area contributed by atoms with Crippen molar-refractivity contribution in [3.8, 4) is 11.3 Å². The number of nitrogens with zero attached hydrogens (tertiary/aromatic N) is 2. The zero-order valence-corrected chi connectivity index (χ0v) is 11.1. The van der Waals surface area contributed by atoms with Crippen LogP contribution < -0.4 is 5.73 Å². The molecule has 0 saturated heterocycles. The first-order chi connectivity index (χ1) is 8.20. The van der Waals surface area contributed by atoms with E-state index in [4.69, 9.17) is 10.8 Å². The van der Waals surface area contributed by atoms with Crippen LogP contribution in [0, 0.1) is 0 Å². The second kappa shape index (κ2) is 6.54. The molecule has 18 heavy (non-hydrogen) atoms. The lowest BCUT2D eigenvalue weighted by molar-refractivity contribution is 0.265. The van der Waals surface area contributed by atoms with Crippen LogP contribution in [0.1, 0.15) is 5.56 Å². The van der Waals surface area contributed by atoms with Gasteiger partial charge in [0, 0.05) is 24.8 Å². The van der Waals surface area contributed by atoms with Crippen LogP contribution in [0.4, 0.5) is 0 Å². The van der Waals surface area contributed by atoms with Crippen molar-refractivity contribution in [2.45, 2.75) is 12.5 Å². The Labute approximate surface area is 113 Å². The molecule has 1 unspecified atom stereocenters. The van der Waals surface area contributed by atoms with Gasteiger partial charge < -0.3 is 10.8 Å². The fourth-order valence-corrected chi connectivity index (χ4v) is 1.87. The molecule has 0 aliphatic heterocycles. The summed E-state index contributed by atoms with van der Waals surface area (Å²) in [6, 6.07) is 9.76. The van der Waals surface area contributed by atoms with Crippen LogP contribution in [0.15, 0.2) is 36.5 Å². The highest BCUT2D eigenvalue weighted by molar-refractivity contribution is 5.85. The molecule has 0 radical (unpaired) electrons. The van der Waals surface area contributed by atoms with Crippen molar-refractivity contribution >= 4 is 12.4 Å². The molecule has 0 aliphatic rings. The van der Waals surface area contributed by atoms with E-state index < -0.39 is 0 Å². The average Bonchev–Trinajstić information content (AvgIpc) is 2.71. The van der Waals surface area contributed by atoms with Crippen LogP contribution >= 0.6 is 12.4 Å². The lowest BCUT2D eigenvalue weighted by Crippen LogP contribution is -2.26. The number of nitrogens with two attached hydrogens (primary N) is 1. The van der Waals surface area contributed by atoms with E-state index in [2.05, 4.69) is 5.10 Å². The number of benzene rings is 1. The van der Waals surface area contributed by atoms with Gasteiger partial charge in [-0.25, -0.2) is 0 Å². The van der Waals surface area contributed by atoms with E-state index in [0.29, 0.717) is 6.42 Å². The van der Waals surface area contributed by atoms with Crippen LogP contribution in [0.3, 0.4) is 0 Å². The number of aromatic nitrogens is 2. The molecule has 0 bridgehead atoms. The first-order valence-corrected chi connectivity index (χ1v) is 5.65. The molecule has 0 aliphatic carbocycles. The third kappa shape index (κ3) is 3.32. The Morgan fingerprint density at radius 1 is 1.33 bits per heavy atom. The van der Waals surface area contributed by atoms with E-state index in [1.807, 2.05) is 43.6 Å². The van der Waals surface area contributed by atoms with Crippen LogP contribution in [0.2, 0.25) is 0 Å². The number of aliphatic hydroxyl groups is 1. The molecule has 0 spiro atoms. The minimum atomic E-state index is -0.235. The van der Waals surface area contributed by atoms with Crippen molar-refractivity contribution < 1.29 is 5.11 Å². The minimum absolute atomic E-state index is 0. The molecule has 2 rings (SSSR count). The molecule has 1 atom stereocenters. The predicted molar refractivity (Wildman–Crippen MR) is 74.7 cm³/mol. The van der Waals surface area contributed by atoms with E-state index in [1.54, 1.807) is 4.68 Å². The fourth-order valence-electron chi connectivity index (χ4n) is 1.87. The lowest BCUT2D eigenvalue weighted by Gasteiger charge is -2.07. The molecule has 2 aromatic rings.